The first-order chi connectivity index (χ1) is 14.3. The van der Waals surface area contributed by atoms with Crippen LogP contribution in [-0.4, -0.2) is 39.3 Å². The fourth-order valence-electron chi connectivity index (χ4n) is 5.72. The number of fused-ring (bicyclic) bond motifs is 1. The monoisotopic (exact) mass is 432 g/mol. The number of hydrogen-bond acceptors (Lipinski definition) is 4. The molecule has 0 spiro atoms. The first-order valence-electron chi connectivity index (χ1n) is 10.5. The number of aromatic nitrogens is 2. The van der Waals surface area contributed by atoms with E-state index in [9.17, 15) is 14.3 Å². The summed E-state index contributed by atoms with van der Waals surface area (Å²) >= 11 is 5.83. The van der Waals surface area contributed by atoms with Gasteiger partial charge in [-0.25, -0.2) is 9.37 Å². The molecule has 3 aliphatic rings. The smallest absolute Gasteiger partial charge is 0.274 e. The molecule has 3 N–H and O–H groups in total. The van der Waals surface area contributed by atoms with Crippen LogP contribution in [0.5, 0.6) is 0 Å². The summed E-state index contributed by atoms with van der Waals surface area (Å²) in [6, 6.07) is 4.13. The molecule has 2 saturated carbocycles. The Labute approximate surface area is 179 Å². The number of hydrogen-bond donors (Lipinski definition) is 3. The van der Waals surface area contributed by atoms with Crippen molar-refractivity contribution in [3.05, 3.63) is 46.8 Å². The number of anilines is 1. The van der Waals surface area contributed by atoms with E-state index in [-0.39, 0.29) is 16.8 Å². The SMILES string of the molecule is Cn1cnc(C2CC3CC(O)(C4CNC4)CC3C2)c1C(=O)Nc1ccc(F)c(Cl)c1. The molecule has 8 heteroatoms. The van der Waals surface area contributed by atoms with Crippen molar-refractivity contribution in [3.63, 3.8) is 0 Å². The molecule has 1 aliphatic heterocycles. The van der Waals surface area contributed by atoms with Crippen molar-refractivity contribution in [3.8, 4) is 0 Å². The van der Waals surface area contributed by atoms with Gasteiger partial charge in [0.2, 0.25) is 0 Å². The molecule has 2 unspecified atom stereocenters. The van der Waals surface area contributed by atoms with Crippen LogP contribution in [0.25, 0.3) is 0 Å². The predicted octanol–water partition coefficient (Wildman–Crippen LogP) is 3.32. The molecule has 1 aromatic heterocycles. The summed E-state index contributed by atoms with van der Waals surface area (Å²) in [5, 5.41) is 17.1. The number of imidazole rings is 1. The van der Waals surface area contributed by atoms with Crippen LogP contribution < -0.4 is 10.6 Å². The van der Waals surface area contributed by atoms with Crippen LogP contribution in [0.3, 0.4) is 0 Å². The molecule has 30 heavy (non-hydrogen) atoms. The molecule has 0 bridgehead atoms. The maximum Gasteiger partial charge on any atom is 0.274 e. The number of benzene rings is 1. The highest BCUT2D eigenvalue weighted by Crippen LogP contribution is 2.56. The first kappa shape index (κ1) is 20.0. The quantitative estimate of drug-likeness (QED) is 0.692. The average molecular weight is 433 g/mol. The van der Waals surface area contributed by atoms with E-state index in [0.29, 0.717) is 29.1 Å². The standard InChI is InChI=1S/C22H26ClFN4O2/c1-28-11-26-19(20(28)21(29)27-16-2-3-18(24)17(23)6-16)12-4-13-7-22(30,8-14(13)5-12)15-9-25-10-15/h2-3,6,11-15,25,30H,4-5,7-10H2,1H3,(H,27,29). The van der Waals surface area contributed by atoms with E-state index in [1.807, 2.05) is 0 Å². The van der Waals surface area contributed by atoms with Gasteiger partial charge in [-0.1, -0.05) is 11.6 Å². The third-order valence-corrected chi connectivity index (χ3v) is 7.65. The summed E-state index contributed by atoms with van der Waals surface area (Å²) in [6.45, 7) is 1.83. The lowest BCUT2D eigenvalue weighted by molar-refractivity contribution is -0.0399. The van der Waals surface area contributed by atoms with E-state index < -0.39 is 11.4 Å². The normalized spacial score (nSPS) is 30.9. The molecule has 2 aromatic rings. The molecule has 6 nitrogen and oxygen atoms in total. The van der Waals surface area contributed by atoms with Crippen molar-refractivity contribution in [1.29, 1.82) is 0 Å². The second kappa shape index (κ2) is 7.32. The van der Waals surface area contributed by atoms with E-state index in [1.165, 1.54) is 18.2 Å². The number of amides is 1. The first-order valence-corrected chi connectivity index (χ1v) is 10.9. The van der Waals surface area contributed by atoms with E-state index in [0.717, 1.165) is 44.5 Å². The van der Waals surface area contributed by atoms with Crippen molar-refractivity contribution in [2.45, 2.75) is 37.2 Å². The van der Waals surface area contributed by atoms with Crippen molar-refractivity contribution >= 4 is 23.2 Å². The van der Waals surface area contributed by atoms with Gasteiger partial charge in [0.25, 0.3) is 5.91 Å². The minimum absolute atomic E-state index is 0.0317. The molecule has 160 valence electrons. The Morgan fingerprint density at radius 1 is 1.33 bits per heavy atom. The van der Waals surface area contributed by atoms with E-state index in [2.05, 4.69) is 15.6 Å². The Morgan fingerprint density at radius 2 is 2.03 bits per heavy atom. The van der Waals surface area contributed by atoms with Crippen LogP contribution in [0.15, 0.2) is 24.5 Å². The van der Waals surface area contributed by atoms with Crippen LogP contribution in [0, 0.1) is 23.6 Å². The Kier molecular flexibility index (Phi) is 4.87. The zero-order valence-electron chi connectivity index (χ0n) is 16.9. The number of aliphatic hydroxyl groups is 1. The van der Waals surface area contributed by atoms with E-state index >= 15 is 0 Å². The molecule has 0 radical (unpaired) electrons. The van der Waals surface area contributed by atoms with Gasteiger partial charge in [-0.15, -0.1) is 0 Å². The van der Waals surface area contributed by atoms with Crippen molar-refractivity contribution in [2.24, 2.45) is 24.8 Å². The van der Waals surface area contributed by atoms with Crippen LogP contribution in [0.1, 0.15) is 47.8 Å². The number of rotatable bonds is 4. The van der Waals surface area contributed by atoms with Gasteiger partial charge in [0.1, 0.15) is 11.5 Å². The molecule has 3 fully saturated rings. The molecular formula is C22H26ClFN4O2. The Morgan fingerprint density at radius 3 is 2.63 bits per heavy atom. The number of carbonyl (C=O) groups is 1. The molecule has 2 aliphatic carbocycles. The maximum atomic E-state index is 13.4. The fraction of sp³-hybridized carbons (Fsp3) is 0.545. The van der Waals surface area contributed by atoms with Crippen LogP contribution in [-0.2, 0) is 7.05 Å². The van der Waals surface area contributed by atoms with E-state index in [1.54, 1.807) is 17.9 Å². The third kappa shape index (κ3) is 3.33. The van der Waals surface area contributed by atoms with Crippen molar-refractivity contribution < 1.29 is 14.3 Å². The Balaban J connectivity index is 1.31. The molecule has 2 heterocycles. The largest absolute Gasteiger partial charge is 0.389 e. The summed E-state index contributed by atoms with van der Waals surface area (Å²) in [7, 11) is 1.81. The van der Waals surface area contributed by atoms with Gasteiger partial charge < -0.3 is 20.3 Å². The molecular weight excluding hydrogens is 407 g/mol. The lowest BCUT2D eigenvalue weighted by Crippen LogP contribution is -2.55. The summed E-state index contributed by atoms with van der Waals surface area (Å²) in [6.07, 6.45) is 5.28. The zero-order chi connectivity index (χ0) is 21.0. The third-order valence-electron chi connectivity index (χ3n) is 7.36. The Bertz CT molecular complexity index is 976. The summed E-state index contributed by atoms with van der Waals surface area (Å²) in [5.41, 5.74) is 1.25. The summed E-state index contributed by atoms with van der Waals surface area (Å²) in [4.78, 5) is 17.6. The van der Waals surface area contributed by atoms with Gasteiger partial charge in [-0.05, 0) is 55.7 Å². The molecule has 5 rings (SSSR count). The predicted molar refractivity (Wildman–Crippen MR) is 112 cm³/mol. The van der Waals surface area contributed by atoms with Crippen molar-refractivity contribution in [1.82, 2.24) is 14.9 Å². The lowest BCUT2D eigenvalue weighted by atomic mass is 9.79. The maximum absolute atomic E-state index is 13.4. The summed E-state index contributed by atoms with van der Waals surface area (Å²) < 4.78 is 15.1. The van der Waals surface area contributed by atoms with E-state index in [4.69, 9.17) is 11.6 Å². The topological polar surface area (TPSA) is 79.2 Å². The van der Waals surface area contributed by atoms with Gasteiger partial charge in [0.05, 0.1) is 22.6 Å². The molecule has 1 saturated heterocycles. The minimum atomic E-state index is -0.530. The number of nitrogens with zero attached hydrogens (tertiary/aromatic N) is 2. The molecule has 1 amide bonds. The van der Waals surface area contributed by atoms with Gasteiger partial charge in [0.15, 0.2) is 0 Å². The number of nitrogens with one attached hydrogen (secondary N) is 2. The van der Waals surface area contributed by atoms with Crippen LogP contribution in [0.4, 0.5) is 10.1 Å². The van der Waals surface area contributed by atoms with Gasteiger partial charge in [-0.3, -0.25) is 4.79 Å². The van der Waals surface area contributed by atoms with Crippen LogP contribution in [0.2, 0.25) is 5.02 Å². The fourth-order valence-corrected chi connectivity index (χ4v) is 5.90. The zero-order valence-corrected chi connectivity index (χ0v) is 17.6. The highest BCUT2D eigenvalue weighted by molar-refractivity contribution is 6.31. The van der Waals surface area contributed by atoms with Crippen LogP contribution >= 0.6 is 11.6 Å². The second-order valence-electron chi connectivity index (χ2n) is 9.23. The number of aryl methyl sites for hydroxylation is 1. The van der Waals surface area contributed by atoms with Crippen molar-refractivity contribution in [2.75, 3.05) is 18.4 Å². The molecule has 2 atom stereocenters. The van der Waals surface area contributed by atoms with Gasteiger partial charge >= 0.3 is 0 Å². The van der Waals surface area contributed by atoms with Gasteiger partial charge in [0, 0.05) is 37.7 Å². The highest BCUT2D eigenvalue weighted by atomic mass is 35.5. The number of halogens is 2. The van der Waals surface area contributed by atoms with Gasteiger partial charge in [-0.2, -0.15) is 0 Å². The number of carbonyl (C=O) groups excluding carboxylic acids is 1. The minimum Gasteiger partial charge on any atom is -0.389 e. The lowest BCUT2D eigenvalue weighted by Gasteiger charge is -2.40. The second-order valence-corrected chi connectivity index (χ2v) is 9.64. The average Bonchev–Trinajstić information content (AvgIpc) is 3.27. The molecule has 1 aromatic carbocycles. The highest BCUT2D eigenvalue weighted by Gasteiger charge is 2.53. The Hall–Kier alpha value is -1.96. The summed E-state index contributed by atoms with van der Waals surface area (Å²) in [5.74, 6) is 0.750.